The first-order valence-electron chi connectivity index (χ1n) is 9.48. The summed E-state index contributed by atoms with van der Waals surface area (Å²) >= 11 is 6.04. The Morgan fingerprint density at radius 1 is 1.14 bits per heavy atom. The number of likely N-dealkylation sites (tertiary alicyclic amines) is 1. The van der Waals surface area contributed by atoms with Crippen LogP contribution in [-0.2, 0) is 16.1 Å². The molecule has 148 valence electrons. The molecule has 1 aromatic heterocycles. The molecule has 1 aliphatic rings. The highest BCUT2D eigenvalue weighted by Gasteiger charge is 2.21. The first-order chi connectivity index (χ1) is 13.5. The van der Waals surface area contributed by atoms with Crippen LogP contribution in [0.2, 0.25) is 5.02 Å². The number of carbonyl (C=O) groups excluding carboxylic acids is 2. The van der Waals surface area contributed by atoms with Gasteiger partial charge < -0.3 is 10.6 Å². The minimum absolute atomic E-state index is 0.388. The molecule has 28 heavy (non-hydrogen) atoms. The molecule has 1 saturated heterocycles. The topological polar surface area (TPSA) is 74.3 Å². The summed E-state index contributed by atoms with van der Waals surface area (Å²) < 4.78 is 0. The zero-order chi connectivity index (χ0) is 19.9. The SMILES string of the molecule is Cc1ccc(NC(=O)C(=O)NCC2CCN(Cc3ccncc3)CC2)cc1Cl. The molecule has 0 bridgehead atoms. The van der Waals surface area contributed by atoms with Gasteiger partial charge in [0.05, 0.1) is 0 Å². The summed E-state index contributed by atoms with van der Waals surface area (Å²) in [6.45, 7) is 5.28. The van der Waals surface area contributed by atoms with Gasteiger partial charge in [0, 0.05) is 36.2 Å². The number of carbonyl (C=O) groups is 2. The highest BCUT2D eigenvalue weighted by Crippen LogP contribution is 2.20. The number of aromatic nitrogens is 1. The van der Waals surface area contributed by atoms with E-state index in [0.29, 0.717) is 23.2 Å². The van der Waals surface area contributed by atoms with Crippen LogP contribution in [0, 0.1) is 12.8 Å². The molecule has 2 heterocycles. The van der Waals surface area contributed by atoms with E-state index in [1.165, 1.54) is 5.56 Å². The van der Waals surface area contributed by atoms with Crippen LogP contribution >= 0.6 is 11.6 Å². The van der Waals surface area contributed by atoms with Gasteiger partial charge >= 0.3 is 11.8 Å². The van der Waals surface area contributed by atoms with Crippen molar-refractivity contribution in [1.29, 1.82) is 0 Å². The van der Waals surface area contributed by atoms with Crippen molar-refractivity contribution in [3.8, 4) is 0 Å². The van der Waals surface area contributed by atoms with E-state index < -0.39 is 11.8 Å². The Morgan fingerprint density at radius 2 is 1.86 bits per heavy atom. The molecule has 0 saturated carbocycles. The Morgan fingerprint density at radius 3 is 2.54 bits per heavy atom. The van der Waals surface area contributed by atoms with Crippen LogP contribution in [0.1, 0.15) is 24.0 Å². The highest BCUT2D eigenvalue weighted by atomic mass is 35.5. The fraction of sp³-hybridized carbons (Fsp3) is 0.381. The lowest BCUT2D eigenvalue weighted by atomic mass is 9.96. The van der Waals surface area contributed by atoms with Gasteiger partial charge in [0.1, 0.15) is 0 Å². The van der Waals surface area contributed by atoms with Crippen LogP contribution in [0.5, 0.6) is 0 Å². The van der Waals surface area contributed by atoms with Gasteiger partial charge in [0.2, 0.25) is 0 Å². The van der Waals surface area contributed by atoms with Crippen molar-refractivity contribution in [1.82, 2.24) is 15.2 Å². The smallest absolute Gasteiger partial charge is 0.313 e. The fourth-order valence-corrected chi connectivity index (χ4v) is 3.45. The molecule has 0 atom stereocenters. The number of pyridine rings is 1. The summed E-state index contributed by atoms with van der Waals surface area (Å²) in [5.41, 5.74) is 2.69. The predicted molar refractivity (Wildman–Crippen MR) is 110 cm³/mol. The largest absolute Gasteiger partial charge is 0.348 e. The number of anilines is 1. The van der Waals surface area contributed by atoms with E-state index in [2.05, 4.69) is 20.5 Å². The number of aryl methyl sites for hydroxylation is 1. The number of hydrogen-bond donors (Lipinski definition) is 2. The Hall–Kier alpha value is -2.44. The zero-order valence-corrected chi connectivity index (χ0v) is 16.7. The Kier molecular flexibility index (Phi) is 7.01. The maximum Gasteiger partial charge on any atom is 0.313 e. The van der Waals surface area contributed by atoms with Crippen LogP contribution in [0.25, 0.3) is 0 Å². The quantitative estimate of drug-likeness (QED) is 0.756. The molecule has 3 rings (SSSR count). The average molecular weight is 401 g/mol. The second kappa shape index (κ2) is 9.66. The van der Waals surface area contributed by atoms with Gasteiger partial charge in [-0.15, -0.1) is 0 Å². The summed E-state index contributed by atoms with van der Waals surface area (Å²) in [7, 11) is 0. The number of nitrogens with zero attached hydrogens (tertiary/aromatic N) is 2. The maximum atomic E-state index is 12.1. The van der Waals surface area contributed by atoms with Gasteiger partial charge in [0.25, 0.3) is 0 Å². The number of piperidine rings is 1. The van der Waals surface area contributed by atoms with Gasteiger partial charge in [-0.25, -0.2) is 0 Å². The van der Waals surface area contributed by atoms with Crippen molar-refractivity contribution < 1.29 is 9.59 Å². The standard InChI is InChI=1S/C21H25ClN4O2/c1-15-2-3-18(12-19(15)22)25-21(28)20(27)24-13-16-6-10-26(11-7-16)14-17-4-8-23-9-5-17/h2-5,8-9,12,16H,6-7,10-11,13-14H2,1H3,(H,24,27)(H,25,28). The second-order valence-corrected chi connectivity index (χ2v) is 7.61. The maximum absolute atomic E-state index is 12.1. The summed E-state index contributed by atoms with van der Waals surface area (Å²) in [5, 5.41) is 5.89. The molecule has 0 unspecified atom stereocenters. The number of hydrogen-bond acceptors (Lipinski definition) is 4. The van der Waals surface area contributed by atoms with Gasteiger partial charge in [-0.05, 0) is 74.2 Å². The minimum atomic E-state index is -0.671. The number of halogens is 1. The van der Waals surface area contributed by atoms with Crippen LogP contribution in [-0.4, -0.2) is 41.3 Å². The zero-order valence-electron chi connectivity index (χ0n) is 16.0. The molecule has 0 spiro atoms. The minimum Gasteiger partial charge on any atom is -0.348 e. The molecule has 1 fully saturated rings. The van der Waals surface area contributed by atoms with Crippen LogP contribution in [0.15, 0.2) is 42.7 Å². The van der Waals surface area contributed by atoms with E-state index in [9.17, 15) is 9.59 Å². The first-order valence-corrected chi connectivity index (χ1v) is 9.85. The van der Waals surface area contributed by atoms with E-state index in [1.807, 2.05) is 31.5 Å². The molecule has 2 amide bonds. The summed E-state index contributed by atoms with van der Waals surface area (Å²) in [4.78, 5) is 30.6. The molecule has 1 aromatic carbocycles. The summed E-state index contributed by atoms with van der Waals surface area (Å²) in [5.74, 6) is -0.898. The number of amides is 2. The molecular weight excluding hydrogens is 376 g/mol. The van der Waals surface area contributed by atoms with E-state index in [-0.39, 0.29) is 0 Å². The second-order valence-electron chi connectivity index (χ2n) is 7.20. The molecule has 0 aliphatic carbocycles. The van der Waals surface area contributed by atoms with Crippen molar-refractivity contribution >= 4 is 29.1 Å². The molecule has 2 aromatic rings. The van der Waals surface area contributed by atoms with Crippen LogP contribution < -0.4 is 10.6 Å². The summed E-state index contributed by atoms with van der Waals surface area (Å²) in [6.07, 6.45) is 5.63. The fourth-order valence-electron chi connectivity index (χ4n) is 3.27. The number of benzene rings is 1. The summed E-state index contributed by atoms with van der Waals surface area (Å²) in [6, 6.07) is 9.24. The van der Waals surface area contributed by atoms with Gasteiger partial charge in [-0.3, -0.25) is 19.5 Å². The van der Waals surface area contributed by atoms with Crippen molar-refractivity contribution in [2.75, 3.05) is 25.0 Å². The molecule has 0 radical (unpaired) electrons. The van der Waals surface area contributed by atoms with Crippen molar-refractivity contribution in [2.24, 2.45) is 5.92 Å². The third-order valence-electron chi connectivity index (χ3n) is 5.05. The average Bonchev–Trinajstić information content (AvgIpc) is 2.71. The lowest BCUT2D eigenvalue weighted by Gasteiger charge is -2.32. The predicted octanol–water partition coefficient (Wildman–Crippen LogP) is 3.01. The third-order valence-corrected chi connectivity index (χ3v) is 5.46. The Bertz CT molecular complexity index is 820. The van der Waals surface area contributed by atoms with E-state index in [0.717, 1.165) is 38.0 Å². The lowest BCUT2D eigenvalue weighted by Crippen LogP contribution is -2.41. The van der Waals surface area contributed by atoms with Crippen molar-refractivity contribution in [3.63, 3.8) is 0 Å². The highest BCUT2D eigenvalue weighted by molar-refractivity contribution is 6.39. The van der Waals surface area contributed by atoms with Crippen LogP contribution in [0.3, 0.4) is 0 Å². The first kappa shape index (κ1) is 20.3. The van der Waals surface area contributed by atoms with Crippen LogP contribution in [0.4, 0.5) is 5.69 Å². The molecule has 6 nitrogen and oxygen atoms in total. The van der Waals surface area contributed by atoms with E-state index in [1.54, 1.807) is 18.2 Å². The number of rotatable bonds is 5. The van der Waals surface area contributed by atoms with E-state index >= 15 is 0 Å². The van der Waals surface area contributed by atoms with E-state index in [4.69, 9.17) is 11.6 Å². The third kappa shape index (κ3) is 5.78. The molecule has 7 heteroatoms. The van der Waals surface area contributed by atoms with Gasteiger partial charge in [-0.2, -0.15) is 0 Å². The van der Waals surface area contributed by atoms with Gasteiger partial charge in [0.15, 0.2) is 0 Å². The lowest BCUT2D eigenvalue weighted by molar-refractivity contribution is -0.136. The monoisotopic (exact) mass is 400 g/mol. The molecular formula is C21H25ClN4O2. The van der Waals surface area contributed by atoms with Crippen molar-refractivity contribution in [2.45, 2.75) is 26.3 Å². The number of nitrogens with one attached hydrogen (secondary N) is 2. The molecule has 1 aliphatic heterocycles. The Labute approximate surface area is 170 Å². The Balaban J connectivity index is 1.39. The normalized spacial score (nSPS) is 15.2. The van der Waals surface area contributed by atoms with Crippen molar-refractivity contribution in [3.05, 3.63) is 58.9 Å². The molecule has 2 N–H and O–H groups in total. The van der Waals surface area contributed by atoms with Gasteiger partial charge in [-0.1, -0.05) is 17.7 Å².